The van der Waals surface area contributed by atoms with E-state index in [-0.39, 0.29) is 19.4 Å². The van der Waals surface area contributed by atoms with Crippen molar-refractivity contribution in [2.75, 3.05) is 6.61 Å². The van der Waals surface area contributed by atoms with E-state index in [4.69, 9.17) is 5.11 Å². The molecule has 0 saturated heterocycles. The average Bonchev–Trinajstić information content (AvgIpc) is 2.66. The summed E-state index contributed by atoms with van der Waals surface area (Å²) in [6.07, 6.45) is -0.296. The maximum absolute atomic E-state index is 14.7. The topological polar surface area (TPSA) is 20.2 Å². The summed E-state index contributed by atoms with van der Waals surface area (Å²) in [7, 11) is 0. The van der Waals surface area contributed by atoms with Crippen molar-refractivity contribution >= 4 is 0 Å². The third kappa shape index (κ3) is 3.92. The number of unbranched alkanes of at least 4 members (excludes halogenated alkanes) is 8. The van der Waals surface area contributed by atoms with Crippen molar-refractivity contribution in [3.63, 3.8) is 0 Å². The molecule has 0 radical (unpaired) electrons. The first-order chi connectivity index (χ1) is 13.6. The lowest BCUT2D eigenvalue weighted by molar-refractivity contribution is -0.461. The third-order valence-corrected chi connectivity index (χ3v) is 5.95. The molecule has 1 rings (SSSR count). The molecule has 0 aromatic rings. The number of hydrogen-bond donors (Lipinski definition) is 1. The van der Waals surface area contributed by atoms with E-state index >= 15 is 0 Å². The molecule has 0 aliphatic heterocycles. The van der Waals surface area contributed by atoms with Gasteiger partial charge < -0.3 is 5.11 Å². The molecular formula is C19H28F10O. The maximum atomic E-state index is 14.7. The summed E-state index contributed by atoms with van der Waals surface area (Å²) in [6.45, 7) is 0.364. The Hall–Kier alpha value is -0.740. The molecule has 30 heavy (non-hydrogen) atoms. The fourth-order valence-electron chi connectivity index (χ4n) is 3.87. The lowest BCUT2D eigenvalue weighted by Gasteiger charge is -2.55. The van der Waals surface area contributed by atoms with Crippen LogP contribution in [0.5, 0.6) is 0 Å². The highest BCUT2D eigenvalue weighted by Crippen LogP contribution is 2.70. The van der Waals surface area contributed by atoms with Crippen LogP contribution in [-0.2, 0) is 0 Å². The average molecular weight is 462 g/mol. The number of alkyl halides is 10. The van der Waals surface area contributed by atoms with Gasteiger partial charge in [-0.15, -0.1) is 0 Å². The van der Waals surface area contributed by atoms with Crippen molar-refractivity contribution in [2.45, 2.75) is 113 Å². The highest BCUT2D eigenvalue weighted by Gasteiger charge is 2.98. The number of halogens is 10. The van der Waals surface area contributed by atoms with Crippen molar-refractivity contribution in [3.05, 3.63) is 0 Å². The van der Waals surface area contributed by atoms with E-state index in [1.165, 1.54) is 0 Å². The van der Waals surface area contributed by atoms with Crippen molar-refractivity contribution in [1.29, 1.82) is 0 Å². The molecule has 0 heterocycles. The Labute approximate surface area is 169 Å². The Kier molecular flexibility index (Phi) is 8.55. The zero-order valence-corrected chi connectivity index (χ0v) is 16.7. The molecule has 11 heteroatoms. The van der Waals surface area contributed by atoms with E-state index in [9.17, 15) is 43.9 Å². The van der Waals surface area contributed by atoms with Crippen LogP contribution < -0.4 is 0 Å². The minimum Gasteiger partial charge on any atom is -0.396 e. The van der Waals surface area contributed by atoms with Gasteiger partial charge >= 0.3 is 23.7 Å². The van der Waals surface area contributed by atoms with Crippen molar-refractivity contribution in [3.8, 4) is 0 Å². The monoisotopic (exact) mass is 462 g/mol. The van der Waals surface area contributed by atoms with Gasteiger partial charge in [0.1, 0.15) is 0 Å². The van der Waals surface area contributed by atoms with Gasteiger partial charge in [0.05, 0.1) is 0 Å². The third-order valence-electron chi connectivity index (χ3n) is 5.95. The molecule has 0 amide bonds. The fraction of sp³-hybridized carbons (Fsp3) is 1.00. The smallest absolute Gasteiger partial charge is 0.353 e. The van der Waals surface area contributed by atoms with Gasteiger partial charge in [-0.2, -0.15) is 35.1 Å². The molecule has 1 N–H and O–H groups in total. The number of aliphatic hydroxyl groups is 1. The molecule has 1 aliphatic carbocycles. The highest BCUT2D eigenvalue weighted by molar-refractivity contribution is 5.28. The lowest BCUT2D eigenvalue weighted by atomic mass is 9.64. The van der Waals surface area contributed by atoms with Crippen LogP contribution in [0.25, 0.3) is 0 Å². The highest BCUT2D eigenvalue weighted by atomic mass is 19.4. The van der Waals surface area contributed by atoms with Gasteiger partial charge in [-0.25, -0.2) is 8.78 Å². The normalized spacial score (nSPS) is 31.6. The van der Waals surface area contributed by atoms with Crippen LogP contribution in [0.3, 0.4) is 0 Å². The molecule has 0 aromatic carbocycles. The molecule has 0 bridgehead atoms. The number of aliphatic hydroxyl groups excluding tert-OH is 1. The lowest BCUT2D eigenvalue weighted by Crippen LogP contribution is -2.84. The zero-order chi connectivity index (χ0) is 23.5. The van der Waals surface area contributed by atoms with E-state index in [0.29, 0.717) is 26.2 Å². The van der Waals surface area contributed by atoms with Gasteiger partial charge in [0.2, 0.25) is 11.3 Å². The van der Waals surface area contributed by atoms with Gasteiger partial charge in [-0.3, -0.25) is 0 Å². The van der Waals surface area contributed by atoms with E-state index in [0.717, 1.165) is 19.3 Å². The summed E-state index contributed by atoms with van der Waals surface area (Å²) in [5, 5.41) is 8.62. The summed E-state index contributed by atoms with van der Waals surface area (Å²) >= 11 is 0. The van der Waals surface area contributed by atoms with Gasteiger partial charge in [0.25, 0.3) is 0 Å². The standard InChI is InChI=1S/C19H28F10O/c1-2-14(20)16(22,23)18(26,27)15(21,19(28,29)17(14,24)25)12-10-8-6-4-3-5-7-9-11-13-30/h30H,2-13H2,1H3. The van der Waals surface area contributed by atoms with Crippen molar-refractivity contribution in [2.24, 2.45) is 0 Å². The number of hydrogen-bond acceptors (Lipinski definition) is 1. The molecule has 0 aromatic heterocycles. The van der Waals surface area contributed by atoms with Crippen LogP contribution >= 0.6 is 0 Å². The Bertz CT molecular complexity index is 521. The molecule has 1 aliphatic rings. The molecule has 1 saturated carbocycles. The molecule has 0 atom stereocenters. The minimum absolute atomic E-state index is 0.0696. The second-order valence-corrected chi connectivity index (χ2v) is 7.91. The summed E-state index contributed by atoms with van der Waals surface area (Å²) < 4.78 is 141. The number of rotatable bonds is 12. The Morgan fingerprint density at radius 1 is 0.467 bits per heavy atom. The van der Waals surface area contributed by atoms with Crippen molar-refractivity contribution in [1.82, 2.24) is 0 Å². The Morgan fingerprint density at radius 2 is 0.767 bits per heavy atom. The minimum atomic E-state index is -6.33. The largest absolute Gasteiger partial charge is 0.396 e. The van der Waals surface area contributed by atoms with E-state index in [1.54, 1.807) is 0 Å². The molecule has 0 unspecified atom stereocenters. The van der Waals surface area contributed by atoms with E-state index < -0.39 is 54.3 Å². The summed E-state index contributed by atoms with van der Waals surface area (Å²) in [5.41, 5.74) is -11.2. The molecule has 0 spiro atoms. The van der Waals surface area contributed by atoms with Crippen LogP contribution in [0.1, 0.15) is 77.6 Å². The van der Waals surface area contributed by atoms with Crippen LogP contribution in [0.15, 0.2) is 0 Å². The first-order valence-corrected chi connectivity index (χ1v) is 10.1. The molecular weight excluding hydrogens is 434 g/mol. The zero-order valence-electron chi connectivity index (χ0n) is 16.7. The van der Waals surface area contributed by atoms with Gasteiger partial charge in [-0.1, -0.05) is 51.9 Å². The van der Waals surface area contributed by atoms with Crippen LogP contribution in [-0.4, -0.2) is 46.7 Å². The van der Waals surface area contributed by atoms with Gasteiger partial charge in [0, 0.05) is 6.61 Å². The van der Waals surface area contributed by atoms with Crippen LogP contribution in [0.4, 0.5) is 43.9 Å². The second kappa shape index (κ2) is 9.40. The quantitative estimate of drug-likeness (QED) is 0.239. The predicted molar refractivity (Wildman–Crippen MR) is 91.0 cm³/mol. The first-order valence-electron chi connectivity index (χ1n) is 10.1. The van der Waals surface area contributed by atoms with E-state index in [2.05, 4.69) is 0 Å². The predicted octanol–water partition coefficient (Wildman–Crippen LogP) is 7.26. The Morgan fingerprint density at radius 3 is 1.10 bits per heavy atom. The summed E-state index contributed by atoms with van der Waals surface area (Å²) in [5.74, 6) is -25.3. The second-order valence-electron chi connectivity index (χ2n) is 7.91. The first kappa shape index (κ1) is 27.3. The Balaban J connectivity index is 2.83. The van der Waals surface area contributed by atoms with Gasteiger partial charge in [-0.05, 0) is 25.7 Å². The van der Waals surface area contributed by atoms with Crippen LogP contribution in [0, 0.1) is 0 Å². The van der Waals surface area contributed by atoms with Crippen LogP contribution in [0.2, 0.25) is 0 Å². The fourth-order valence-corrected chi connectivity index (χ4v) is 3.87. The molecule has 1 nitrogen and oxygen atoms in total. The SMILES string of the molecule is CCC1(F)C(F)(F)C(F)(F)C(F)(CCCCCCCCCCCO)C(F)(F)C1(F)F. The summed E-state index contributed by atoms with van der Waals surface area (Å²) in [4.78, 5) is 0. The molecule has 180 valence electrons. The van der Waals surface area contributed by atoms with Gasteiger partial charge in [0.15, 0.2) is 0 Å². The summed E-state index contributed by atoms with van der Waals surface area (Å²) in [6, 6.07) is 0. The van der Waals surface area contributed by atoms with E-state index in [1.807, 2.05) is 0 Å². The van der Waals surface area contributed by atoms with Crippen molar-refractivity contribution < 1.29 is 49.0 Å². The molecule has 1 fully saturated rings. The maximum Gasteiger partial charge on any atom is 0.353 e.